The fraction of sp³-hybridized carbons (Fsp3) is 0.222. The van der Waals surface area contributed by atoms with E-state index in [1.807, 2.05) is 0 Å². The lowest BCUT2D eigenvalue weighted by molar-refractivity contribution is 0.0983. The van der Waals surface area contributed by atoms with Gasteiger partial charge in [-0.15, -0.1) is 0 Å². The van der Waals surface area contributed by atoms with Crippen LogP contribution in [0.5, 0.6) is 0 Å². The van der Waals surface area contributed by atoms with E-state index in [0.717, 1.165) is 18.9 Å². The molecule has 0 saturated heterocycles. The second kappa shape index (κ2) is 6.91. The van der Waals surface area contributed by atoms with Crippen molar-refractivity contribution in [3.05, 3.63) is 64.4 Å². The zero-order chi connectivity index (χ0) is 17.3. The van der Waals surface area contributed by atoms with Crippen LogP contribution in [0.4, 0.5) is 10.1 Å². The van der Waals surface area contributed by atoms with E-state index >= 15 is 0 Å². The van der Waals surface area contributed by atoms with Gasteiger partial charge in [-0.05, 0) is 54.6 Å². The van der Waals surface area contributed by atoms with E-state index in [9.17, 15) is 14.0 Å². The van der Waals surface area contributed by atoms with Crippen molar-refractivity contribution in [2.24, 2.45) is 5.92 Å². The smallest absolute Gasteiger partial charge is 0.258 e. The monoisotopic (exact) mass is 365 g/mol. The van der Waals surface area contributed by atoms with Crippen LogP contribution in [0.2, 0.25) is 5.02 Å². The summed E-state index contributed by atoms with van der Waals surface area (Å²) in [5.41, 5.74) is 0.316. The molecule has 3 nitrogen and oxygen atoms in total. The quantitative estimate of drug-likeness (QED) is 0.705. The van der Waals surface area contributed by atoms with E-state index in [2.05, 4.69) is 0 Å². The third kappa shape index (κ3) is 3.45. The lowest BCUT2D eigenvalue weighted by Gasteiger charge is -2.25. The number of rotatable bonds is 5. The molecule has 2 aromatic rings. The van der Waals surface area contributed by atoms with Gasteiger partial charge in [0.2, 0.25) is 0 Å². The van der Waals surface area contributed by atoms with Gasteiger partial charge in [0, 0.05) is 12.1 Å². The summed E-state index contributed by atoms with van der Waals surface area (Å²) in [6.07, 6.45) is 1.96. The summed E-state index contributed by atoms with van der Waals surface area (Å²) < 4.78 is 14.5. The van der Waals surface area contributed by atoms with Crippen molar-refractivity contribution in [2.75, 3.05) is 11.4 Å². The Hall–Kier alpha value is -1.91. The van der Waals surface area contributed by atoms with Crippen LogP contribution in [-0.4, -0.2) is 17.7 Å². The van der Waals surface area contributed by atoms with Crippen molar-refractivity contribution in [1.29, 1.82) is 0 Å². The number of amides is 1. The van der Waals surface area contributed by atoms with E-state index in [0.29, 0.717) is 18.0 Å². The normalized spacial score (nSPS) is 13.6. The summed E-state index contributed by atoms with van der Waals surface area (Å²) in [5, 5.41) is -0.931. The summed E-state index contributed by atoms with van der Waals surface area (Å²) in [6.45, 7) is 0.351. The minimum absolute atomic E-state index is 0.0172. The van der Waals surface area contributed by atoms with Crippen molar-refractivity contribution in [2.45, 2.75) is 12.8 Å². The molecule has 1 saturated carbocycles. The van der Waals surface area contributed by atoms with E-state index in [4.69, 9.17) is 23.2 Å². The summed E-state index contributed by atoms with van der Waals surface area (Å²) in [6, 6.07) is 10.9. The molecule has 1 aliphatic rings. The molecule has 124 valence electrons. The van der Waals surface area contributed by atoms with Crippen molar-refractivity contribution in [3.63, 3.8) is 0 Å². The molecule has 6 heteroatoms. The lowest BCUT2D eigenvalue weighted by atomic mass is 10.1. The summed E-state index contributed by atoms with van der Waals surface area (Å²) >= 11 is 11.7. The first-order valence-corrected chi connectivity index (χ1v) is 8.29. The fourth-order valence-corrected chi connectivity index (χ4v) is 3.06. The standard InChI is InChI=1S/C18H14Cl2FNO2/c19-15-13(17(20)23)8-9-14(21)16(15)22(10-11-6-7-11)18(24)12-4-2-1-3-5-12/h1-5,8-9,11H,6-7,10H2. The van der Waals surface area contributed by atoms with Gasteiger partial charge in [0.25, 0.3) is 11.1 Å². The molecule has 0 heterocycles. The number of carbonyl (C=O) groups excluding carboxylic acids is 2. The van der Waals surface area contributed by atoms with Gasteiger partial charge >= 0.3 is 0 Å². The van der Waals surface area contributed by atoms with Gasteiger partial charge in [0.15, 0.2) is 0 Å². The molecule has 1 fully saturated rings. The number of benzene rings is 2. The number of anilines is 1. The molecule has 0 aromatic heterocycles. The zero-order valence-electron chi connectivity index (χ0n) is 12.6. The summed E-state index contributed by atoms with van der Waals surface area (Å²) in [5.74, 6) is -0.711. The Kier molecular flexibility index (Phi) is 4.88. The van der Waals surface area contributed by atoms with Crippen molar-refractivity contribution >= 4 is 40.0 Å². The van der Waals surface area contributed by atoms with Crippen LogP contribution >= 0.6 is 23.2 Å². The van der Waals surface area contributed by atoms with E-state index in [1.54, 1.807) is 30.3 Å². The summed E-state index contributed by atoms with van der Waals surface area (Å²) in [4.78, 5) is 25.7. The average Bonchev–Trinajstić information content (AvgIpc) is 3.38. The summed E-state index contributed by atoms with van der Waals surface area (Å²) in [7, 11) is 0. The van der Waals surface area contributed by atoms with Crippen LogP contribution in [0.1, 0.15) is 33.6 Å². The number of carbonyl (C=O) groups is 2. The first-order valence-electron chi connectivity index (χ1n) is 7.53. The molecular weight excluding hydrogens is 352 g/mol. The van der Waals surface area contributed by atoms with Crippen LogP contribution in [0.25, 0.3) is 0 Å². The molecule has 0 radical (unpaired) electrons. The molecule has 0 atom stereocenters. The molecule has 0 spiro atoms. The topological polar surface area (TPSA) is 37.4 Å². The van der Waals surface area contributed by atoms with Gasteiger partial charge in [-0.2, -0.15) is 0 Å². The van der Waals surface area contributed by atoms with Crippen LogP contribution < -0.4 is 4.90 Å². The molecule has 0 unspecified atom stereocenters. The Morgan fingerprint density at radius 3 is 2.38 bits per heavy atom. The molecule has 24 heavy (non-hydrogen) atoms. The first kappa shape index (κ1) is 16.9. The fourth-order valence-electron chi connectivity index (χ4n) is 2.51. The molecule has 0 bridgehead atoms. The van der Waals surface area contributed by atoms with Gasteiger partial charge in [-0.25, -0.2) is 4.39 Å². The van der Waals surface area contributed by atoms with Crippen molar-refractivity contribution < 1.29 is 14.0 Å². The maximum absolute atomic E-state index is 14.5. The Morgan fingerprint density at radius 1 is 1.12 bits per heavy atom. The minimum Gasteiger partial charge on any atom is -0.304 e. The maximum Gasteiger partial charge on any atom is 0.258 e. The second-order valence-corrected chi connectivity index (χ2v) is 6.48. The number of hydrogen-bond donors (Lipinski definition) is 0. The number of halogens is 3. The number of hydrogen-bond acceptors (Lipinski definition) is 2. The van der Waals surface area contributed by atoms with Crippen molar-refractivity contribution in [1.82, 2.24) is 0 Å². The predicted octanol–water partition coefficient (Wildman–Crippen LogP) is 4.91. The molecule has 3 rings (SSSR count). The Bertz CT molecular complexity index is 791. The highest BCUT2D eigenvalue weighted by Crippen LogP contribution is 2.38. The van der Waals surface area contributed by atoms with Crippen molar-refractivity contribution in [3.8, 4) is 0 Å². The Labute approximate surface area is 149 Å². The van der Waals surface area contributed by atoms with Gasteiger partial charge < -0.3 is 4.90 Å². The number of nitrogens with zero attached hydrogens (tertiary/aromatic N) is 1. The molecule has 0 N–H and O–H groups in total. The third-order valence-electron chi connectivity index (χ3n) is 3.95. The van der Waals surface area contributed by atoms with E-state index in [1.165, 1.54) is 11.0 Å². The van der Waals surface area contributed by atoms with E-state index in [-0.39, 0.29) is 22.2 Å². The highest BCUT2D eigenvalue weighted by Gasteiger charge is 2.32. The van der Waals surface area contributed by atoms with Crippen LogP contribution in [0.3, 0.4) is 0 Å². The zero-order valence-corrected chi connectivity index (χ0v) is 14.1. The van der Waals surface area contributed by atoms with Crippen LogP contribution in [0, 0.1) is 11.7 Å². The first-order chi connectivity index (χ1) is 11.5. The van der Waals surface area contributed by atoms with Crippen LogP contribution in [-0.2, 0) is 0 Å². The lowest BCUT2D eigenvalue weighted by Crippen LogP contribution is -2.34. The molecule has 1 aliphatic carbocycles. The van der Waals surface area contributed by atoms with Gasteiger partial charge in [-0.1, -0.05) is 29.8 Å². The second-order valence-electron chi connectivity index (χ2n) is 5.76. The predicted molar refractivity (Wildman–Crippen MR) is 92.4 cm³/mol. The van der Waals surface area contributed by atoms with Gasteiger partial charge in [-0.3, -0.25) is 9.59 Å². The van der Waals surface area contributed by atoms with Gasteiger partial charge in [0.1, 0.15) is 5.82 Å². The van der Waals surface area contributed by atoms with E-state index < -0.39 is 11.1 Å². The largest absolute Gasteiger partial charge is 0.304 e. The minimum atomic E-state index is -0.792. The average molecular weight is 366 g/mol. The molecule has 2 aromatic carbocycles. The molecular formula is C18H14Cl2FNO2. The SMILES string of the molecule is O=C(Cl)c1ccc(F)c(N(CC2CC2)C(=O)c2ccccc2)c1Cl. The molecule has 0 aliphatic heterocycles. The Morgan fingerprint density at radius 2 is 1.79 bits per heavy atom. The highest BCUT2D eigenvalue weighted by atomic mass is 35.5. The molecule has 1 amide bonds. The Balaban J connectivity index is 2.08. The van der Waals surface area contributed by atoms with Gasteiger partial charge in [0.05, 0.1) is 16.3 Å². The maximum atomic E-state index is 14.5. The highest BCUT2D eigenvalue weighted by molar-refractivity contribution is 6.69. The van der Waals surface area contributed by atoms with Crippen LogP contribution in [0.15, 0.2) is 42.5 Å². The third-order valence-corrected chi connectivity index (χ3v) is 4.54.